The number of hydrogen-bond donors (Lipinski definition) is 1. The Kier molecular flexibility index (Phi) is 5.42. The van der Waals surface area contributed by atoms with Crippen LogP contribution in [-0.2, 0) is 10.0 Å². The normalized spacial score (nSPS) is 21.8. The van der Waals surface area contributed by atoms with Crippen LogP contribution in [0.2, 0.25) is 0 Å². The van der Waals surface area contributed by atoms with Crippen molar-refractivity contribution in [3.63, 3.8) is 0 Å². The van der Waals surface area contributed by atoms with Gasteiger partial charge < -0.3 is 9.64 Å². The second kappa shape index (κ2) is 7.56. The van der Waals surface area contributed by atoms with Gasteiger partial charge in [0.15, 0.2) is 0 Å². The molecule has 134 valence electrons. The SMILES string of the molecule is CCOc1ccc(S(=O)(=O)N2CC[NH+](C)C[C@@H]2c2ccccc2)cc1. The minimum absolute atomic E-state index is 0.147. The van der Waals surface area contributed by atoms with Crippen LogP contribution in [0.3, 0.4) is 0 Å². The van der Waals surface area contributed by atoms with Crippen LogP contribution in [0.4, 0.5) is 0 Å². The highest BCUT2D eigenvalue weighted by Gasteiger charge is 2.38. The Hall–Kier alpha value is -1.89. The molecule has 2 aromatic rings. The summed E-state index contributed by atoms with van der Waals surface area (Å²) in [6.07, 6.45) is 0. The molecule has 1 saturated heterocycles. The van der Waals surface area contributed by atoms with Crippen LogP contribution in [-0.4, -0.2) is 46.0 Å². The topological polar surface area (TPSA) is 51.1 Å². The molecule has 0 aromatic heterocycles. The van der Waals surface area contributed by atoms with E-state index in [2.05, 4.69) is 7.05 Å². The Morgan fingerprint density at radius 3 is 2.44 bits per heavy atom. The standard InChI is InChI=1S/C19H24N2O3S/c1-3-24-17-9-11-18(12-10-17)25(22,23)21-14-13-20(2)15-19(21)16-7-5-4-6-8-16/h4-12,19H,3,13-15H2,1-2H3/p+1/t19-/m1/s1. The molecule has 1 aliphatic rings. The first kappa shape index (κ1) is 17.9. The molecule has 0 bridgehead atoms. The summed E-state index contributed by atoms with van der Waals surface area (Å²) in [4.78, 5) is 1.66. The molecule has 6 heteroatoms. The molecule has 5 nitrogen and oxygen atoms in total. The van der Waals surface area contributed by atoms with E-state index in [-0.39, 0.29) is 6.04 Å². The summed E-state index contributed by atoms with van der Waals surface area (Å²) in [5.41, 5.74) is 1.04. The third-order valence-electron chi connectivity index (χ3n) is 4.57. The van der Waals surface area contributed by atoms with Gasteiger partial charge >= 0.3 is 0 Å². The summed E-state index contributed by atoms with van der Waals surface area (Å²) in [6, 6.07) is 16.4. The molecule has 2 atom stereocenters. The number of likely N-dealkylation sites (N-methyl/N-ethyl adjacent to an activating group) is 1. The van der Waals surface area contributed by atoms with Gasteiger partial charge in [-0.3, -0.25) is 0 Å². The van der Waals surface area contributed by atoms with Crippen LogP contribution in [0.15, 0.2) is 59.5 Å². The van der Waals surface area contributed by atoms with E-state index in [0.29, 0.717) is 23.8 Å². The number of hydrogen-bond acceptors (Lipinski definition) is 3. The Morgan fingerprint density at radius 2 is 1.80 bits per heavy atom. The lowest BCUT2D eigenvalue weighted by molar-refractivity contribution is -0.887. The van der Waals surface area contributed by atoms with Gasteiger partial charge in [0.2, 0.25) is 10.0 Å². The van der Waals surface area contributed by atoms with Gasteiger partial charge in [-0.25, -0.2) is 8.42 Å². The lowest BCUT2D eigenvalue weighted by Gasteiger charge is -2.37. The monoisotopic (exact) mass is 361 g/mol. The van der Waals surface area contributed by atoms with Gasteiger partial charge in [-0.15, -0.1) is 0 Å². The molecule has 0 amide bonds. The van der Waals surface area contributed by atoms with Crippen LogP contribution >= 0.6 is 0 Å². The Morgan fingerprint density at radius 1 is 1.12 bits per heavy atom. The Labute approximate surface area is 149 Å². The highest BCUT2D eigenvalue weighted by atomic mass is 32.2. The van der Waals surface area contributed by atoms with Crippen LogP contribution in [0, 0.1) is 0 Å². The van der Waals surface area contributed by atoms with Crippen molar-refractivity contribution in [3.8, 4) is 5.75 Å². The maximum Gasteiger partial charge on any atom is 0.244 e. The summed E-state index contributed by atoms with van der Waals surface area (Å²) in [5, 5.41) is 0. The van der Waals surface area contributed by atoms with E-state index >= 15 is 0 Å². The fourth-order valence-corrected chi connectivity index (χ4v) is 4.86. The summed E-state index contributed by atoms with van der Waals surface area (Å²) in [7, 11) is -1.44. The van der Waals surface area contributed by atoms with Crippen molar-refractivity contribution in [2.75, 3.05) is 33.3 Å². The summed E-state index contributed by atoms with van der Waals surface area (Å²) >= 11 is 0. The Balaban J connectivity index is 1.93. The zero-order valence-electron chi connectivity index (χ0n) is 14.7. The van der Waals surface area contributed by atoms with Gasteiger partial charge in [-0.1, -0.05) is 30.3 Å². The van der Waals surface area contributed by atoms with Gasteiger partial charge in [0.1, 0.15) is 5.75 Å². The van der Waals surface area contributed by atoms with Crippen molar-refractivity contribution >= 4 is 10.0 Å². The zero-order chi connectivity index (χ0) is 17.9. The summed E-state index contributed by atoms with van der Waals surface area (Å²) in [6.45, 7) is 4.55. The fraction of sp³-hybridized carbons (Fsp3) is 0.368. The van der Waals surface area contributed by atoms with E-state index in [4.69, 9.17) is 4.74 Å². The highest BCUT2D eigenvalue weighted by Crippen LogP contribution is 2.28. The first-order chi connectivity index (χ1) is 12.0. The quantitative estimate of drug-likeness (QED) is 0.875. The molecule has 1 unspecified atom stereocenters. The molecule has 1 N–H and O–H groups in total. The molecule has 1 fully saturated rings. The van der Waals surface area contributed by atoms with Crippen LogP contribution in [0.5, 0.6) is 5.75 Å². The molecule has 0 radical (unpaired) electrons. The molecule has 0 aliphatic carbocycles. The van der Waals surface area contributed by atoms with E-state index < -0.39 is 10.0 Å². The number of nitrogens with zero attached hydrogens (tertiary/aromatic N) is 1. The van der Waals surface area contributed by atoms with Gasteiger partial charge in [0.05, 0.1) is 44.2 Å². The number of benzene rings is 2. The number of piperazine rings is 1. The summed E-state index contributed by atoms with van der Waals surface area (Å²) in [5.74, 6) is 0.684. The average molecular weight is 361 g/mol. The van der Waals surface area contributed by atoms with Gasteiger partial charge in [0.25, 0.3) is 0 Å². The van der Waals surface area contributed by atoms with E-state index in [1.54, 1.807) is 28.6 Å². The third kappa shape index (κ3) is 3.86. The predicted octanol–water partition coefficient (Wildman–Crippen LogP) is 1.35. The van der Waals surface area contributed by atoms with Crippen LogP contribution in [0.1, 0.15) is 18.5 Å². The maximum atomic E-state index is 13.2. The first-order valence-corrected chi connectivity index (χ1v) is 10.1. The van der Waals surface area contributed by atoms with Gasteiger partial charge in [-0.2, -0.15) is 4.31 Å². The average Bonchev–Trinajstić information content (AvgIpc) is 2.63. The van der Waals surface area contributed by atoms with Crippen molar-refractivity contribution in [3.05, 3.63) is 60.2 Å². The second-order valence-electron chi connectivity index (χ2n) is 6.36. The number of rotatable bonds is 5. The van der Waals surface area contributed by atoms with Gasteiger partial charge in [-0.05, 0) is 36.8 Å². The van der Waals surface area contributed by atoms with E-state index in [0.717, 1.165) is 18.7 Å². The second-order valence-corrected chi connectivity index (χ2v) is 8.25. The molecule has 2 aromatic carbocycles. The molecule has 0 saturated carbocycles. The van der Waals surface area contributed by atoms with Gasteiger partial charge in [0, 0.05) is 0 Å². The van der Waals surface area contributed by atoms with E-state index in [1.165, 1.54) is 4.90 Å². The van der Waals surface area contributed by atoms with Crippen molar-refractivity contribution in [2.45, 2.75) is 17.9 Å². The molecule has 1 heterocycles. The fourth-order valence-electron chi connectivity index (χ4n) is 3.25. The molecule has 3 rings (SSSR count). The lowest BCUT2D eigenvalue weighted by atomic mass is 10.1. The van der Waals surface area contributed by atoms with Crippen molar-refractivity contribution in [2.24, 2.45) is 0 Å². The molecule has 1 aliphatic heterocycles. The lowest BCUT2D eigenvalue weighted by Crippen LogP contribution is -3.12. The van der Waals surface area contributed by atoms with Crippen molar-refractivity contribution < 1.29 is 18.1 Å². The number of nitrogens with one attached hydrogen (secondary N) is 1. The minimum atomic E-state index is -3.55. The predicted molar refractivity (Wildman–Crippen MR) is 97.3 cm³/mol. The number of ether oxygens (including phenoxy) is 1. The van der Waals surface area contributed by atoms with E-state index in [1.807, 2.05) is 37.3 Å². The zero-order valence-corrected chi connectivity index (χ0v) is 15.5. The molecule has 25 heavy (non-hydrogen) atoms. The van der Waals surface area contributed by atoms with Crippen molar-refractivity contribution in [1.29, 1.82) is 0 Å². The smallest absolute Gasteiger partial charge is 0.244 e. The largest absolute Gasteiger partial charge is 0.494 e. The molecule has 0 spiro atoms. The van der Waals surface area contributed by atoms with Crippen LogP contribution < -0.4 is 9.64 Å². The minimum Gasteiger partial charge on any atom is -0.494 e. The summed E-state index contributed by atoms with van der Waals surface area (Å²) < 4.78 is 33.5. The van der Waals surface area contributed by atoms with Crippen molar-refractivity contribution in [1.82, 2.24) is 4.31 Å². The molecular weight excluding hydrogens is 336 g/mol. The third-order valence-corrected chi connectivity index (χ3v) is 6.50. The molecular formula is C19H25N2O3S+. The van der Waals surface area contributed by atoms with Crippen LogP contribution in [0.25, 0.3) is 0 Å². The maximum absolute atomic E-state index is 13.2. The van der Waals surface area contributed by atoms with E-state index in [9.17, 15) is 8.42 Å². The number of sulfonamides is 1. The highest BCUT2D eigenvalue weighted by molar-refractivity contribution is 7.89. The Bertz CT molecular complexity index is 791. The first-order valence-electron chi connectivity index (χ1n) is 8.63. The number of quaternary nitrogens is 1.